The quantitative estimate of drug-likeness (QED) is 0.0305. The van der Waals surface area contributed by atoms with Crippen LogP contribution in [0.2, 0.25) is 5.02 Å². The highest BCUT2D eigenvalue weighted by Gasteiger charge is 2.43. The van der Waals surface area contributed by atoms with Crippen LogP contribution in [-0.4, -0.2) is 105 Å². The summed E-state index contributed by atoms with van der Waals surface area (Å²) in [5, 5.41) is 0.654. The van der Waals surface area contributed by atoms with E-state index in [9.17, 15) is 4.79 Å². The van der Waals surface area contributed by atoms with Gasteiger partial charge in [-0.2, -0.15) is 0 Å². The number of carbonyl (C=O) groups excluding carboxylic acids is 2. The Morgan fingerprint density at radius 2 is 1.36 bits per heavy atom. The number of amides is 1. The first-order chi connectivity index (χ1) is 37.3. The summed E-state index contributed by atoms with van der Waals surface area (Å²) in [5.41, 5.74) is 12.8. The van der Waals surface area contributed by atoms with Crippen LogP contribution in [0.1, 0.15) is 114 Å². The first-order valence-corrected chi connectivity index (χ1v) is 27.4. The van der Waals surface area contributed by atoms with E-state index in [2.05, 4.69) is 71.1 Å². The molecule has 76 heavy (non-hydrogen) atoms. The summed E-state index contributed by atoms with van der Waals surface area (Å²) in [4.78, 5) is 57.1. The minimum Gasteiger partial charge on any atom is -0.494 e. The number of ether oxygens (including phenoxy) is 3. The summed E-state index contributed by atoms with van der Waals surface area (Å²) >= 11 is 6.40. The predicted octanol–water partition coefficient (Wildman–Crippen LogP) is 10.5. The van der Waals surface area contributed by atoms with E-state index in [4.69, 9.17) is 31.5 Å². The van der Waals surface area contributed by atoms with E-state index < -0.39 is 5.41 Å². The third-order valence-electron chi connectivity index (χ3n) is 14.0. The zero-order valence-electron chi connectivity index (χ0n) is 43.9. The third kappa shape index (κ3) is 17.3. The number of nitrogens with two attached hydrogens (primary N) is 1. The lowest BCUT2D eigenvalue weighted by molar-refractivity contribution is -0.139. The molecule has 1 amide bonds. The van der Waals surface area contributed by atoms with E-state index in [1.807, 2.05) is 102 Å². The van der Waals surface area contributed by atoms with Crippen LogP contribution in [0.3, 0.4) is 0 Å². The van der Waals surface area contributed by atoms with Gasteiger partial charge in [-0.15, -0.1) is 0 Å². The predicted molar refractivity (Wildman–Crippen MR) is 299 cm³/mol. The molecule has 15 heteroatoms. The highest BCUT2D eigenvalue weighted by atomic mass is 35.5. The van der Waals surface area contributed by atoms with Crippen LogP contribution in [0, 0.1) is 0 Å². The summed E-state index contributed by atoms with van der Waals surface area (Å²) in [5.74, 6) is 1.89. The normalized spacial score (nSPS) is 14.1. The number of aliphatic imine (C=N–C) groups is 1. The fourth-order valence-electron chi connectivity index (χ4n) is 10.2. The van der Waals surface area contributed by atoms with Crippen LogP contribution in [0.5, 0.6) is 5.75 Å². The molecule has 1 aliphatic heterocycles. The van der Waals surface area contributed by atoms with E-state index in [0.717, 1.165) is 102 Å². The fourth-order valence-corrected chi connectivity index (χ4v) is 10.4. The maximum atomic E-state index is 15.3. The van der Waals surface area contributed by atoms with E-state index in [1.165, 1.54) is 0 Å². The maximum Gasteiger partial charge on any atom is 0.233 e. The van der Waals surface area contributed by atoms with Gasteiger partial charge in [-0.05, 0) is 103 Å². The molecule has 0 radical (unpaired) electrons. The number of halogens is 1. The number of allylic oxidation sites excluding steroid dienone is 1. The molecule has 2 aliphatic rings. The SMILES string of the molecule is NCCOCCOCCCC(=O)c1ccc(CN(CCCCOc2cc(CN(CC3=NC=CC3)Cc3ccccn3)cc(CN(Cc3ccccn3)Cc3ncc[nH]3)c2)C(=O)C2(c3ccc(Cl)cc3)CCCCC2)cc1. The van der Waals surface area contributed by atoms with E-state index in [0.29, 0.717) is 115 Å². The average molecular weight is 1050 g/mol. The van der Waals surface area contributed by atoms with Crippen LogP contribution < -0.4 is 10.5 Å². The topological polar surface area (TPSA) is 164 Å². The Balaban J connectivity index is 0.977. The second-order valence-corrected chi connectivity index (χ2v) is 20.3. The average Bonchev–Trinajstić information content (AvgIpc) is 4.20. The lowest BCUT2D eigenvalue weighted by atomic mass is 9.68. The van der Waals surface area contributed by atoms with Crippen molar-refractivity contribution in [3.8, 4) is 5.75 Å². The van der Waals surface area contributed by atoms with Crippen molar-refractivity contribution in [3.63, 3.8) is 0 Å². The highest BCUT2D eigenvalue weighted by Crippen LogP contribution is 2.42. The van der Waals surface area contributed by atoms with Crippen molar-refractivity contribution in [2.45, 2.75) is 109 Å². The van der Waals surface area contributed by atoms with Gasteiger partial charge in [0.2, 0.25) is 5.91 Å². The molecule has 0 spiro atoms. The first-order valence-electron chi connectivity index (χ1n) is 27.0. The molecule has 0 bridgehead atoms. The number of hydrogen-bond acceptors (Lipinski definition) is 12. The van der Waals surface area contributed by atoms with Gasteiger partial charge in [-0.1, -0.05) is 91.5 Å². The van der Waals surface area contributed by atoms with Gasteiger partial charge in [0.05, 0.1) is 49.8 Å². The van der Waals surface area contributed by atoms with Crippen LogP contribution >= 0.6 is 11.6 Å². The Morgan fingerprint density at radius 3 is 1.99 bits per heavy atom. The molecule has 8 rings (SSSR count). The Morgan fingerprint density at radius 1 is 0.658 bits per heavy atom. The molecule has 1 fully saturated rings. The summed E-state index contributed by atoms with van der Waals surface area (Å²) in [6.07, 6.45) is 19.3. The van der Waals surface area contributed by atoms with Crippen molar-refractivity contribution in [1.82, 2.24) is 34.6 Å². The first kappa shape index (κ1) is 55.8. The van der Waals surface area contributed by atoms with Gasteiger partial charge in [-0.3, -0.25) is 34.3 Å². The third-order valence-corrected chi connectivity index (χ3v) is 14.2. The van der Waals surface area contributed by atoms with Crippen LogP contribution in [0.25, 0.3) is 0 Å². The number of pyridine rings is 2. The van der Waals surface area contributed by atoms with Crippen molar-refractivity contribution in [1.29, 1.82) is 0 Å². The molecule has 3 aromatic heterocycles. The summed E-state index contributed by atoms with van der Waals surface area (Å²) in [7, 11) is 0. The molecule has 0 unspecified atom stereocenters. The molecule has 1 saturated carbocycles. The number of benzene rings is 3. The molecule has 6 aromatic rings. The number of H-pyrrole nitrogens is 1. The molecule has 14 nitrogen and oxygen atoms in total. The minimum atomic E-state index is -0.641. The fraction of sp³-hybridized carbons (Fsp3) is 0.410. The van der Waals surface area contributed by atoms with Crippen LogP contribution in [0.15, 0.2) is 145 Å². The lowest BCUT2D eigenvalue weighted by Crippen LogP contribution is -2.48. The van der Waals surface area contributed by atoms with Gasteiger partial charge >= 0.3 is 0 Å². The van der Waals surface area contributed by atoms with Gasteiger partial charge in [0.15, 0.2) is 5.78 Å². The number of rotatable bonds is 32. The molecule has 4 heterocycles. The zero-order chi connectivity index (χ0) is 52.6. The van der Waals surface area contributed by atoms with Gasteiger partial charge in [-0.25, -0.2) is 4.98 Å². The highest BCUT2D eigenvalue weighted by molar-refractivity contribution is 6.30. The van der Waals surface area contributed by atoms with Gasteiger partial charge < -0.3 is 29.8 Å². The van der Waals surface area contributed by atoms with E-state index in [1.54, 1.807) is 6.20 Å². The summed E-state index contributed by atoms with van der Waals surface area (Å²) < 4.78 is 17.7. The Kier molecular flexibility index (Phi) is 21.9. The number of aromatic nitrogens is 4. The number of nitrogens with one attached hydrogen (secondary N) is 1. The van der Waals surface area contributed by atoms with E-state index >= 15 is 4.79 Å². The van der Waals surface area contributed by atoms with E-state index in [-0.39, 0.29) is 11.7 Å². The molecule has 400 valence electrons. The van der Waals surface area contributed by atoms with Crippen molar-refractivity contribution in [2.24, 2.45) is 10.7 Å². The Hall–Kier alpha value is -6.39. The maximum absolute atomic E-state index is 15.3. The standard InChI is InChI=1S/C61H74ClN9O5/c62-53-22-20-52(21-23-53)61(24-4-1-5-25-61)60(73)71(43-48-16-18-51(19-17-48)58(72)15-11-33-74-36-37-75-35-26-63)32-8-9-34-76-57-39-49(41-69(45-56-14-10-29-66-56)44-54-12-2-6-27-64-54)38-50(40-57)42-70(47-59-67-30-31-68-59)46-55-13-3-7-28-65-55/h2-3,6-7,10,12-13,16-23,27-31,38-40H,1,4-5,8-9,11,14-15,24-26,32-37,41-47,63H2,(H,67,68). The minimum absolute atomic E-state index is 0.0677. The number of unbranched alkanes of at least 4 members (excludes halogenated alkanes) is 1. The molecule has 3 aromatic carbocycles. The second kappa shape index (κ2) is 29.8. The van der Waals surface area contributed by atoms with Crippen LogP contribution in [-0.2, 0) is 59.0 Å². The van der Waals surface area contributed by atoms with Crippen molar-refractivity contribution in [2.75, 3.05) is 52.7 Å². The second-order valence-electron chi connectivity index (χ2n) is 19.9. The number of aromatic amines is 1. The monoisotopic (exact) mass is 1050 g/mol. The number of hydrogen-bond donors (Lipinski definition) is 2. The van der Waals surface area contributed by atoms with Gasteiger partial charge in [0.1, 0.15) is 11.6 Å². The molecular weight excluding hydrogens is 974 g/mol. The number of imidazole rings is 1. The molecular formula is C61H74ClN9O5. The van der Waals surface area contributed by atoms with Crippen molar-refractivity contribution in [3.05, 3.63) is 190 Å². The molecule has 0 atom stereocenters. The summed E-state index contributed by atoms with van der Waals surface area (Å²) in [6, 6.07) is 34.3. The van der Waals surface area contributed by atoms with Gasteiger partial charge in [0, 0.05) is 119 Å². The Labute approximate surface area is 453 Å². The van der Waals surface area contributed by atoms with Crippen molar-refractivity contribution >= 4 is 29.0 Å². The summed E-state index contributed by atoms with van der Waals surface area (Å²) in [6.45, 7) is 7.84. The molecule has 1 aliphatic carbocycles. The molecule has 3 N–H and O–H groups in total. The molecule has 0 saturated heterocycles. The number of nitrogens with zero attached hydrogens (tertiary/aromatic N) is 7. The lowest BCUT2D eigenvalue weighted by Gasteiger charge is -2.40. The number of carbonyl (C=O) groups is 2. The smallest absolute Gasteiger partial charge is 0.233 e. The zero-order valence-corrected chi connectivity index (χ0v) is 44.6. The largest absolute Gasteiger partial charge is 0.494 e. The van der Waals surface area contributed by atoms with Crippen molar-refractivity contribution < 1.29 is 23.8 Å². The number of Topliss-reactive ketones (excluding diaryl/α,β-unsaturated/α-hetero) is 1. The Bertz CT molecular complexity index is 2740. The van der Waals surface area contributed by atoms with Gasteiger partial charge in [0.25, 0.3) is 0 Å². The number of ketones is 1. The van der Waals surface area contributed by atoms with Crippen LogP contribution in [0.4, 0.5) is 0 Å².